The summed E-state index contributed by atoms with van der Waals surface area (Å²) in [5, 5.41) is 19.8. The molecule has 0 radical (unpaired) electrons. The molecule has 0 aromatic heterocycles. The van der Waals surface area contributed by atoms with Crippen LogP contribution in [0.2, 0.25) is 0 Å². The van der Waals surface area contributed by atoms with Gasteiger partial charge in [-0.25, -0.2) is 4.39 Å². The monoisotopic (exact) mass is 281 g/mol. The number of aliphatic hydroxyl groups excluding tert-OH is 1. The Kier molecular flexibility index (Phi) is 4.71. The summed E-state index contributed by atoms with van der Waals surface area (Å²) in [5.74, 6) is -2.19. The molecule has 8 heteroatoms. The van der Waals surface area contributed by atoms with E-state index in [4.69, 9.17) is 5.11 Å². The van der Waals surface area contributed by atoms with Crippen molar-refractivity contribution in [1.29, 1.82) is 0 Å². The van der Waals surface area contributed by atoms with Crippen LogP contribution in [0.25, 0.3) is 0 Å². The van der Waals surface area contributed by atoms with E-state index < -0.39 is 41.7 Å². The van der Waals surface area contributed by atoms with Crippen LogP contribution in [0.15, 0.2) is 18.2 Å². The van der Waals surface area contributed by atoms with Crippen LogP contribution < -0.4 is 5.32 Å². The molecule has 1 atom stereocenters. The van der Waals surface area contributed by atoms with Gasteiger partial charge in [-0.1, -0.05) is 0 Å². The number of hydrogen-bond donors (Lipinski definition) is 3. The Morgan fingerprint density at radius 3 is 2.53 bits per heavy atom. The Balaban J connectivity index is 2.75. The zero-order valence-corrected chi connectivity index (χ0v) is 9.54. The maximum Gasteiger partial charge on any atom is 0.416 e. The van der Waals surface area contributed by atoms with Crippen LogP contribution in [0.5, 0.6) is 0 Å². The van der Waals surface area contributed by atoms with Crippen LogP contribution in [0.3, 0.4) is 0 Å². The van der Waals surface area contributed by atoms with Crippen LogP contribution in [-0.2, 0) is 11.0 Å². The van der Waals surface area contributed by atoms with Crippen molar-refractivity contribution in [3.63, 3.8) is 0 Å². The van der Waals surface area contributed by atoms with E-state index in [-0.39, 0.29) is 6.54 Å². The Bertz CT molecular complexity index is 462. The zero-order chi connectivity index (χ0) is 14.6. The lowest BCUT2D eigenvalue weighted by molar-refractivity contribution is -0.139. The van der Waals surface area contributed by atoms with Gasteiger partial charge in [0.2, 0.25) is 0 Å². The number of hydrogen-bond acceptors (Lipinski definition) is 3. The smallest absolute Gasteiger partial charge is 0.416 e. The number of nitrogens with one attached hydrogen (secondary N) is 1. The summed E-state index contributed by atoms with van der Waals surface area (Å²) in [6, 6.07) is 1.80. The molecule has 1 aromatic carbocycles. The molecule has 0 saturated heterocycles. The third-order valence-electron chi connectivity index (χ3n) is 2.23. The maximum absolute atomic E-state index is 13.2. The molecule has 0 aliphatic heterocycles. The fourth-order valence-corrected chi connectivity index (χ4v) is 1.34. The van der Waals surface area contributed by atoms with Crippen LogP contribution in [-0.4, -0.2) is 28.8 Å². The minimum absolute atomic E-state index is 0.371. The van der Waals surface area contributed by atoms with E-state index in [1.807, 2.05) is 0 Å². The van der Waals surface area contributed by atoms with Gasteiger partial charge in [-0.3, -0.25) is 4.79 Å². The average molecular weight is 281 g/mol. The number of halogens is 4. The lowest BCUT2D eigenvalue weighted by Crippen LogP contribution is -2.23. The number of aliphatic hydroxyl groups is 1. The van der Waals surface area contributed by atoms with Gasteiger partial charge in [0.25, 0.3) is 0 Å². The molecule has 0 saturated carbocycles. The molecule has 4 nitrogen and oxygen atoms in total. The summed E-state index contributed by atoms with van der Waals surface area (Å²) in [4.78, 5) is 10.3. The second-order valence-corrected chi connectivity index (χ2v) is 3.82. The topological polar surface area (TPSA) is 69.6 Å². The van der Waals surface area contributed by atoms with Gasteiger partial charge in [0, 0.05) is 6.54 Å². The minimum Gasteiger partial charge on any atom is -0.481 e. The van der Waals surface area contributed by atoms with Gasteiger partial charge < -0.3 is 15.5 Å². The Morgan fingerprint density at radius 2 is 2.00 bits per heavy atom. The number of carboxylic acids is 1. The van der Waals surface area contributed by atoms with Crippen LogP contribution in [0.4, 0.5) is 23.2 Å². The highest BCUT2D eigenvalue weighted by molar-refractivity contribution is 5.67. The van der Waals surface area contributed by atoms with Crippen molar-refractivity contribution < 1.29 is 32.6 Å². The fraction of sp³-hybridized carbons (Fsp3) is 0.364. The molecule has 0 heterocycles. The van der Waals surface area contributed by atoms with Gasteiger partial charge >= 0.3 is 12.1 Å². The minimum atomic E-state index is -4.61. The predicted octanol–water partition coefficient (Wildman–Crippen LogP) is 2.09. The first kappa shape index (κ1) is 15.2. The second kappa shape index (κ2) is 5.87. The number of rotatable bonds is 5. The summed E-state index contributed by atoms with van der Waals surface area (Å²) in [6.45, 7) is -0.371. The van der Waals surface area contributed by atoms with Gasteiger partial charge in [-0.15, -0.1) is 0 Å². The van der Waals surface area contributed by atoms with Crippen molar-refractivity contribution >= 4 is 11.7 Å². The van der Waals surface area contributed by atoms with E-state index in [9.17, 15) is 27.5 Å². The lowest BCUT2D eigenvalue weighted by atomic mass is 10.1. The molecule has 0 spiro atoms. The standard InChI is InChI=1S/C11H11F4NO3/c12-8-2-1-6(11(13,14)15)3-9(8)16-5-7(17)4-10(18)19/h1-3,7,16-17H,4-5H2,(H,18,19). The molecule has 106 valence electrons. The van der Waals surface area contributed by atoms with Crippen molar-refractivity contribution in [2.24, 2.45) is 0 Å². The lowest BCUT2D eigenvalue weighted by Gasteiger charge is -2.13. The first-order chi connectivity index (χ1) is 8.70. The van der Waals surface area contributed by atoms with Crippen molar-refractivity contribution in [1.82, 2.24) is 0 Å². The normalized spacial score (nSPS) is 13.1. The Hall–Kier alpha value is -1.83. The summed E-state index contributed by atoms with van der Waals surface area (Å²) in [7, 11) is 0. The highest BCUT2D eigenvalue weighted by atomic mass is 19.4. The SMILES string of the molecule is O=C(O)CC(O)CNc1cc(C(F)(F)F)ccc1F. The van der Waals surface area contributed by atoms with Gasteiger partial charge in [0.15, 0.2) is 0 Å². The first-order valence-electron chi connectivity index (χ1n) is 5.20. The highest BCUT2D eigenvalue weighted by Crippen LogP contribution is 2.31. The Labute approximate surface area is 105 Å². The molecule has 1 aromatic rings. The van der Waals surface area contributed by atoms with Gasteiger partial charge in [-0.2, -0.15) is 13.2 Å². The van der Waals surface area contributed by atoms with Crippen molar-refractivity contribution in [2.75, 3.05) is 11.9 Å². The quantitative estimate of drug-likeness (QED) is 0.723. The number of carboxylic acid groups (broad SMARTS) is 1. The van der Waals surface area contributed by atoms with Crippen molar-refractivity contribution in [3.05, 3.63) is 29.6 Å². The van der Waals surface area contributed by atoms with Crippen molar-refractivity contribution in [3.8, 4) is 0 Å². The number of aliphatic carboxylic acids is 1. The predicted molar refractivity (Wildman–Crippen MR) is 58.2 cm³/mol. The molecule has 0 aliphatic rings. The van der Waals surface area contributed by atoms with E-state index in [1.165, 1.54) is 0 Å². The molecule has 3 N–H and O–H groups in total. The van der Waals surface area contributed by atoms with E-state index in [0.717, 1.165) is 0 Å². The molecule has 0 aliphatic carbocycles. The number of benzene rings is 1. The highest BCUT2D eigenvalue weighted by Gasteiger charge is 2.31. The number of anilines is 1. The van der Waals surface area contributed by atoms with E-state index >= 15 is 0 Å². The Morgan fingerprint density at radius 1 is 1.37 bits per heavy atom. The average Bonchev–Trinajstić information content (AvgIpc) is 2.25. The first-order valence-corrected chi connectivity index (χ1v) is 5.20. The molecular formula is C11H11F4NO3. The molecule has 0 amide bonds. The van der Waals surface area contributed by atoms with Gasteiger partial charge in [-0.05, 0) is 18.2 Å². The molecule has 0 fully saturated rings. The fourth-order valence-electron chi connectivity index (χ4n) is 1.34. The van der Waals surface area contributed by atoms with Gasteiger partial charge in [0.05, 0.1) is 23.8 Å². The third kappa shape index (κ3) is 4.74. The summed E-state index contributed by atoms with van der Waals surface area (Å²) in [5.41, 5.74) is -1.48. The number of alkyl halides is 3. The van der Waals surface area contributed by atoms with Crippen molar-refractivity contribution in [2.45, 2.75) is 18.7 Å². The summed E-state index contributed by atoms with van der Waals surface area (Å²) >= 11 is 0. The molecule has 19 heavy (non-hydrogen) atoms. The van der Waals surface area contributed by atoms with Crippen LogP contribution >= 0.6 is 0 Å². The van der Waals surface area contributed by atoms with E-state index in [1.54, 1.807) is 0 Å². The summed E-state index contributed by atoms with van der Waals surface area (Å²) < 4.78 is 50.4. The molecule has 0 bridgehead atoms. The summed E-state index contributed by atoms with van der Waals surface area (Å²) in [6.07, 6.45) is -6.52. The third-order valence-corrected chi connectivity index (χ3v) is 2.23. The van der Waals surface area contributed by atoms with Crippen LogP contribution in [0.1, 0.15) is 12.0 Å². The molecule has 1 rings (SSSR count). The maximum atomic E-state index is 13.2. The van der Waals surface area contributed by atoms with Gasteiger partial charge in [0.1, 0.15) is 5.82 Å². The largest absolute Gasteiger partial charge is 0.481 e. The zero-order valence-electron chi connectivity index (χ0n) is 9.54. The van der Waals surface area contributed by atoms with E-state index in [0.29, 0.717) is 18.2 Å². The van der Waals surface area contributed by atoms with Crippen LogP contribution in [0, 0.1) is 5.82 Å². The molecule has 1 unspecified atom stereocenters. The van der Waals surface area contributed by atoms with E-state index in [2.05, 4.69) is 5.32 Å². The molecular weight excluding hydrogens is 270 g/mol. The second-order valence-electron chi connectivity index (χ2n) is 3.82. The number of carbonyl (C=O) groups is 1.